The summed E-state index contributed by atoms with van der Waals surface area (Å²) in [6.45, 7) is 0. The molecule has 0 radical (unpaired) electrons. The van der Waals surface area contributed by atoms with Crippen LogP contribution < -0.4 is 0 Å². The number of benzene rings is 1. The fraction of sp³-hybridized carbons (Fsp3) is 0. The molecule has 1 heterocycles. The van der Waals surface area contributed by atoms with E-state index in [9.17, 15) is 9.18 Å². The summed E-state index contributed by atoms with van der Waals surface area (Å²) < 4.78 is 13.2. The van der Waals surface area contributed by atoms with Gasteiger partial charge in [0.25, 0.3) is 0 Å². The van der Waals surface area contributed by atoms with Crippen LogP contribution in [-0.4, -0.2) is 16.1 Å². The molecule has 0 unspecified atom stereocenters. The Morgan fingerprint density at radius 3 is 2.78 bits per heavy atom. The second-order valence-electron chi connectivity index (χ2n) is 3.57. The van der Waals surface area contributed by atoms with Crippen LogP contribution in [0.25, 0.3) is 11.1 Å². The number of aromatic nitrogens is 1. The lowest BCUT2D eigenvalue weighted by Gasteiger charge is -2.06. The van der Waals surface area contributed by atoms with E-state index in [0.717, 1.165) is 12.1 Å². The van der Waals surface area contributed by atoms with E-state index >= 15 is 0 Å². The molecule has 0 bridgehead atoms. The molecule has 0 aliphatic rings. The lowest BCUT2D eigenvalue weighted by Crippen LogP contribution is -2.00. The standard InChI is InChI=1S/C13H7FN2O2/c14-10-1-2-11(13(17)18)12(4-10)9-3-8(5-15)6-16-7-9/h1-4,6-7H,(H,17,18). The fourth-order valence-electron chi connectivity index (χ4n) is 1.59. The molecular formula is C13H7FN2O2. The number of nitriles is 1. The van der Waals surface area contributed by atoms with Gasteiger partial charge in [0.05, 0.1) is 11.1 Å². The number of carboxylic acid groups (broad SMARTS) is 1. The molecule has 0 spiro atoms. The Hall–Kier alpha value is -2.74. The number of pyridine rings is 1. The van der Waals surface area contributed by atoms with Crippen molar-refractivity contribution in [3.63, 3.8) is 0 Å². The normalized spacial score (nSPS) is 9.78. The third-order valence-corrected chi connectivity index (χ3v) is 2.39. The molecule has 0 aliphatic carbocycles. The van der Waals surface area contributed by atoms with Gasteiger partial charge in [-0.2, -0.15) is 5.26 Å². The minimum Gasteiger partial charge on any atom is -0.478 e. The van der Waals surface area contributed by atoms with E-state index in [1.807, 2.05) is 6.07 Å². The summed E-state index contributed by atoms with van der Waals surface area (Å²) in [4.78, 5) is 14.9. The molecule has 0 saturated carbocycles. The van der Waals surface area contributed by atoms with Crippen molar-refractivity contribution in [2.24, 2.45) is 0 Å². The Morgan fingerprint density at radius 2 is 2.11 bits per heavy atom. The van der Waals surface area contributed by atoms with Crippen LogP contribution in [0, 0.1) is 17.1 Å². The molecular weight excluding hydrogens is 235 g/mol. The third-order valence-electron chi connectivity index (χ3n) is 2.39. The van der Waals surface area contributed by atoms with Gasteiger partial charge in [0, 0.05) is 23.5 Å². The van der Waals surface area contributed by atoms with Crippen molar-refractivity contribution >= 4 is 5.97 Å². The van der Waals surface area contributed by atoms with E-state index in [1.54, 1.807) is 0 Å². The number of hydrogen-bond acceptors (Lipinski definition) is 3. The van der Waals surface area contributed by atoms with Crippen molar-refractivity contribution < 1.29 is 14.3 Å². The first-order valence-electron chi connectivity index (χ1n) is 5.00. The van der Waals surface area contributed by atoms with Crippen LogP contribution in [0.2, 0.25) is 0 Å². The topological polar surface area (TPSA) is 74.0 Å². The average molecular weight is 242 g/mol. The predicted molar refractivity (Wildman–Crippen MR) is 61.3 cm³/mol. The van der Waals surface area contributed by atoms with Gasteiger partial charge in [0.15, 0.2) is 0 Å². The van der Waals surface area contributed by atoms with Gasteiger partial charge in [-0.3, -0.25) is 4.98 Å². The zero-order valence-corrected chi connectivity index (χ0v) is 9.09. The van der Waals surface area contributed by atoms with Gasteiger partial charge in [-0.25, -0.2) is 9.18 Å². The van der Waals surface area contributed by atoms with E-state index in [1.165, 1.54) is 24.5 Å². The highest BCUT2D eigenvalue weighted by atomic mass is 19.1. The molecule has 18 heavy (non-hydrogen) atoms. The molecule has 4 nitrogen and oxygen atoms in total. The summed E-state index contributed by atoms with van der Waals surface area (Å²) in [6, 6.07) is 6.74. The highest BCUT2D eigenvalue weighted by Gasteiger charge is 2.13. The highest BCUT2D eigenvalue weighted by molar-refractivity contribution is 5.96. The molecule has 2 rings (SSSR count). The molecule has 0 amide bonds. The van der Waals surface area contributed by atoms with Gasteiger partial charge in [0.2, 0.25) is 0 Å². The summed E-state index contributed by atoms with van der Waals surface area (Å²) in [5.74, 6) is -1.70. The third kappa shape index (κ3) is 2.18. The fourth-order valence-corrected chi connectivity index (χ4v) is 1.59. The number of aromatic carboxylic acids is 1. The Kier molecular flexibility index (Phi) is 3.02. The van der Waals surface area contributed by atoms with Gasteiger partial charge >= 0.3 is 5.97 Å². The number of hydrogen-bond donors (Lipinski definition) is 1. The molecule has 1 aromatic carbocycles. The van der Waals surface area contributed by atoms with Crippen LogP contribution in [0.15, 0.2) is 36.7 Å². The van der Waals surface area contributed by atoms with Crippen LogP contribution >= 0.6 is 0 Å². The molecule has 1 aromatic heterocycles. The van der Waals surface area contributed by atoms with Crippen molar-refractivity contribution in [1.29, 1.82) is 5.26 Å². The first-order valence-corrected chi connectivity index (χ1v) is 5.00. The summed E-state index contributed by atoms with van der Waals surface area (Å²) in [7, 11) is 0. The predicted octanol–water partition coefficient (Wildman–Crippen LogP) is 2.46. The molecule has 0 aliphatic heterocycles. The maximum atomic E-state index is 13.2. The zero-order chi connectivity index (χ0) is 13.1. The van der Waals surface area contributed by atoms with Crippen LogP contribution in [0.4, 0.5) is 4.39 Å². The lowest BCUT2D eigenvalue weighted by atomic mass is 10.00. The van der Waals surface area contributed by atoms with E-state index in [0.29, 0.717) is 5.56 Å². The molecule has 2 aromatic rings. The monoisotopic (exact) mass is 242 g/mol. The van der Waals surface area contributed by atoms with Crippen molar-refractivity contribution in [2.75, 3.05) is 0 Å². The van der Waals surface area contributed by atoms with Crippen molar-refractivity contribution in [3.8, 4) is 17.2 Å². The molecule has 0 fully saturated rings. The number of rotatable bonds is 2. The minimum absolute atomic E-state index is 0.0340. The first-order chi connectivity index (χ1) is 8.61. The smallest absolute Gasteiger partial charge is 0.336 e. The van der Waals surface area contributed by atoms with Crippen molar-refractivity contribution in [2.45, 2.75) is 0 Å². The maximum absolute atomic E-state index is 13.2. The molecule has 0 atom stereocenters. The van der Waals surface area contributed by atoms with Crippen LogP contribution in [0.1, 0.15) is 15.9 Å². The summed E-state index contributed by atoms with van der Waals surface area (Å²) in [5.41, 5.74) is 0.847. The molecule has 5 heteroatoms. The Balaban J connectivity index is 2.66. The second kappa shape index (κ2) is 4.63. The van der Waals surface area contributed by atoms with Gasteiger partial charge < -0.3 is 5.11 Å². The molecule has 1 N–H and O–H groups in total. The first kappa shape index (κ1) is 11.7. The highest BCUT2D eigenvalue weighted by Crippen LogP contribution is 2.24. The van der Waals surface area contributed by atoms with Gasteiger partial charge in [-0.05, 0) is 24.3 Å². The number of nitrogens with zero attached hydrogens (tertiary/aromatic N) is 2. The Labute approximate surface area is 102 Å². The average Bonchev–Trinajstić information content (AvgIpc) is 2.38. The van der Waals surface area contributed by atoms with E-state index < -0.39 is 11.8 Å². The van der Waals surface area contributed by atoms with Gasteiger partial charge in [-0.15, -0.1) is 0 Å². The number of carboxylic acids is 1. The molecule has 0 saturated heterocycles. The zero-order valence-electron chi connectivity index (χ0n) is 9.09. The Morgan fingerprint density at radius 1 is 1.33 bits per heavy atom. The summed E-state index contributed by atoms with van der Waals surface area (Å²) in [6.07, 6.45) is 2.74. The van der Waals surface area contributed by atoms with Gasteiger partial charge in [0.1, 0.15) is 11.9 Å². The SMILES string of the molecule is N#Cc1cncc(-c2cc(F)ccc2C(=O)O)c1. The van der Waals surface area contributed by atoms with Gasteiger partial charge in [-0.1, -0.05) is 0 Å². The van der Waals surface area contributed by atoms with E-state index in [4.69, 9.17) is 10.4 Å². The summed E-state index contributed by atoms with van der Waals surface area (Å²) >= 11 is 0. The van der Waals surface area contributed by atoms with Crippen LogP contribution in [0.5, 0.6) is 0 Å². The lowest BCUT2D eigenvalue weighted by molar-refractivity contribution is 0.0697. The largest absolute Gasteiger partial charge is 0.478 e. The minimum atomic E-state index is -1.16. The summed E-state index contributed by atoms with van der Waals surface area (Å²) in [5, 5.41) is 17.8. The van der Waals surface area contributed by atoms with Crippen LogP contribution in [0.3, 0.4) is 0 Å². The van der Waals surface area contributed by atoms with E-state index in [2.05, 4.69) is 4.98 Å². The number of carbonyl (C=O) groups is 1. The van der Waals surface area contributed by atoms with E-state index in [-0.39, 0.29) is 16.7 Å². The Bertz CT molecular complexity index is 662. The second-order valence-corrected chi connectivity index (χ2v) is 3.57. The quantitative estimate of drug-likeness (QED) is 0.877. The molecule has 88 valence electrons. The van der Waals surface area contributed by atoms with Crippen LogP contribution in [-0.2, 0) is 0 Å². The maximum Gasteiger partial charge on any atom is 0.336 e. The number of halogens is 1. The van der Waals surface area contributed by atoms with Crippen molar-refractivity contribution in [3.05, 3.63) is 53.6 Å². The van der Waals surface area contributed by atoms with Crippen molar-refractivity contribution in [1.82, 2.24) is 4.98 Å².